The quantitative estimate of drug-likeness (QED) is 0.555. The number of anilines is 1. The van der Waals surface area contributed by atoms with E-state index in [1.54, 1.807) is 6.07 Å². The number of hydrogen-bond donors (Lipinski definition) is 0. The van der Waals surface area contributed by atoms with Crippen LogP contribution in [0.25, 0.3) is 0 Å². The molecular weight excluding hydrogens is 315 g/mol. The average Bonchev–Trinajstić information content (AvgIpc) is 2.64. The summed E-state index contributed by atoms with van der Waals surface area (Å²) in [5, 5.41) is 0. The molecule has 1 aromatic carbocycles. The summed E-state index contributed by atoms with van der Waals surface area (Å²) < 4.78 is 13.8. The number of carbonyl (C=O) groups is 1. The number of unbranched alkanes of at least 4 members (excludes halogenated alkanes) is 7. The van der Waals surface area contributed by atoms with Crippen molar-refractivity contribution < 1.29 is 9.18 Å². The Morgan fingerprint density at radius 1 is 0.920 bits per heavy atom. The first-order valence-corrected chi connectivity index (χ1v) is 9.99. The van der Waals surface area contributed by atoms with Crippen LogP contribution in [-0.2, 0) is 4.79 Å². The maximum atomic E-state index is 13.8. The molecule has 1 saturated heterocycles. The van der Waals surface area contributed by atoms with Gasteiger partial charge in [-0.15, -0.1) is 0 Å². The molecule has 0 aromatic heterocycles. The molecule has 4 heteroatoms. The van der Waals surface area contributed by atoms with Gasteiger partial charge < -0.3 is 9.80 Å². The molecule has 0 atom stereocenters. The zero-order valence-electron chi connectivity index (χ0n) is 15.7. The lowest BCUT2D eigenvalue weighted by atomic mass is 10.1. The summed E-state index contributed by atoms with van der Waals surface area (Å²) >= 11 is 0. The summed E-state index contributed by atoms with van der Waals surface area (Å²) in [6.07, 6.45) is 10.7. The van der Waals surface area contributed by atoms with Crippen LogP contribution in [0.3, 0.4) is 0 Å². The normalized spacial score (nSPS) is 14.8. The van der Waals surface area contributed by atoms with Gasteiger partial charge in [0.25, 0.3) is 0 Å². The van der Waals surface area contributed by atoms with Crippen LogP contribution in [0.15, 0.2) is 24.3 Å². The molecule has 1 amide bonds. The van der Waals surface area contributed by atoms with E-state index in [1.165, 1.54) is 44.6 Å². The highest BCUT2D eigenvalue weighted by molar-refractivity contribution is 5.76. The van der Waals surface area contributed by atoms with Gasteiger partial charge in [0.2, 0.25) is 5.91 Å². The standard InChI is InChI=1S/C21H33FN2O/c1-2-3-4-5-6-7-8-9-14-21(25)24-17-15-23(16-18-24)20-13-11-10-12-19(20)22/h10-13H,2-9,14-18H2,1H3. The van der Waals surface area contributed by atoms with Crippen molar-refractivity contribution in [3.8, 4) is 0 Å². The highest BCUT2D eigenvalue weighted by atomic mass is 19.1. The Hall–Kier alpha value is -1.58. The number of rotatable bonds is 10. The van der Waals surface area contributed by atoms with E-state index < -0.39 is 0 Å². The highest BCUT2D eigenvalue weighted by Crippen LogP contribution is 2.20. The molecule has 2 rings (SSSR count). The third-order valence-corrected chi connectivity index (χ3v) is 5.07. The number of piperazine rings is 1. The second kappa shape index (κ2) is 11.1. The Bertz CT molecular complexity index is 512. The SMILES string of the molecule is CCCCCCCCCCC(=O)N1CCN(c2ccccc2F)CC1. The maximum absolute atomic E-state index is 13.8. The number of hydrogen-bond acceptors (Lipinski definition) is 2. The van der Waals surface area contributed by atoms with Crippen molar-refractivity contribution in [2.75, 3.05) is 31.1 Å². The van der Waals surface area contributed by atoms with E-state index in [9.17, 15) is 9.18 Å². The van der Waals surface area contributed by atoms with Gasteiger partial charge >= 0.3 is 0 Å². The highest BCUT2D eigenvalue weighted by Gasteiger charge is 2.22. The van der Waals surface area contributed by atoms with Crippen LogP contribution in [0, 0.1) is 5.82 Å². The Balaban J connectivity index is 1.59. The predicted molar refractivity (Wildman–Crippen MR) is 102 cm³/mol. The van der Waals surface area contributed by atoms with Gasteiger partial charge in [-0.3, -0.25) is 4.79 Å². The Labute approximate surface area is 152 Å². The molecule has 140 valence electrons. The summed E-state index contributed by atoms with van der Waals surface area (Å²) in [6.45, 7) is 5.06. The lowest BCUT2D eigenvalue weighted by Crippen LogP contribution is -2.49. The van der Waals surface area contributed by atoms with Crippen molar-refractivity contribution in [2.24, 2.45) is 0 Å². The van der Waals surface area contributed by atoms with Gasteiger partial charge in [0.15, 0.2) is 0 Å². The van der Waals surface area contributed by atoms with E-state index >= 15 is 0 Å². The first kappa shape index (κ1) is 19.7. The molecule has 0 aliphatic carbocycles. The van der Waals surface area contributed by atoms with Gasteiger partial charge in [-0.2, -0.15) is 0 Å². The molecule has 3 nitrogen and oxygen atoms in total. The van der Waals surface area contributed by atoms with Crippen LogP contribution in [0.5, 0.6) is 0 Å². The number of halogens is 1. The molecule has 0 spiro atoms. The Kier molecular flexibility index (Phi) is 8.78. The van der Waals surface area contributed by atoms with Gasteiger partial charge in [0.05, 0.1) is 5.69 Å². The van der Waals surface area contributed by atoms with Crippen molar-refractivity contribution in [1.82, 2.24) is 4.90 Å². The molecule has 0 radical (unpaired) electrons. The molecule has 0 N–H and O–H groups in total. The molecule has 1 fully saturated rings. The zero-order valence-corrected chi connectivity index (χ0v) is 15.7. The van der Waals surface area contributed by atoms with E-state index in [0.29, 0.717) is 38.3 Å². The van der Waals surface area contributed by atoms with Gasteiger partial charge in [0.1, 0.15) is 5.82 Å². The molecular formula is C21H33FN2O. The second-order valence-corrected chi connectivity index (χ2v) is 7.04. The molecule has 25 heavy (non-hydrogen) atoms. The molecule has 1 aliphatic heterocycles. The number of nitrogens with zero attached hydrogens (tertiary/aromatic N) is 2. The number of carbonyl (C=O) groups excluding carboxylic acids is 1. The number of para-hydroxylation sites is 1. The molecule has 1 heterocycles. The number of benzene rings is 1. The maximum Gasteiger partial charge on any atom is 0.222 e. The predicted octanol–water partition coefficient (Wildman–Crippen LogP) is 5.01. The minimum Gasteiger partial charge on any atom is -0.366 e. The average molecular weight is 349 g/mol. The topological polar surface area (TPSA) is 23.6 Å². The van der Waals surface area contributed by atoms with Crippen molar-refractivity contribution in [3.63, 3.8) is 0 Å². The lowest BCUT2D eigenvalue weighted by Gasteiger charge is -2.36. The smallest absolute Gasteiger partial charge is 0.222 e. The Morgan fingerprint density at radius 3 is 2.16 bits per heavy atom. The summed E-state index contributed by atoms with van der Waals surface area (Å²) in [6, 6.07) is 6.88. The Morgan fingerprint density at radius 2 is 1.52 bits per heavy atom. The van der Waals surface area contributed by atoms with E-state index in [1.807, 2.05) is 21.9 Å². The fourth-order valence-electron chi connectivity index (χ4n) is 3.47. The van der Waals surface area contributed by atoms with Crippen LogP contribution in [0.1, 0.15) is 64.7 Å². The van der Waals surface area contributed by atoms with E-state index in [0.717, 1.165) is 12.8 Å². The third-order valence-electron chi connectivity index (χ3n) is 5.07. The van der Waals surface area contributed by atoms with Crippen LogP contribution in [-0.4, -0.2) is 37.0 Å². The summed E-state index contributed by atoms with van der Waals surface area (Å²) in [5.74, 6) is 0.0837. The summed E-state index contributed by atoms with van der Waals surface area (Å²) in [4.78, 5) is 16.3. The van der Waals surface area contributed by atoms with E-state index in [-0.39, 0.29) is 11.7 Å². The second-order valence-electron chi connectivity index (χ2n) is 7.04. The first-order valence-electron chi connectivity index (χ1n) is 9.99. The zero-order chi connectivity index (χ0) is 17.9. The van der Waals surface area contributed by atoms with Crippen LogP contribution in [0.2, 0.25) is 0 Å². The summed E-state index contributed by atoms with van der Waals surface area (Å²) in [7, 11) is 0. The van der Waals surface area contributed by atoms with E-state index in [2.05, 4.69) is 6.92 Å². The van der Waals surface area contributed by atoms with Gasteiger partial charge in [-0.1, -0.05) is 64.0 Å². The van der Waals surface area contributed by atoms with Gasteiger partial charge in [-0.05, 0) is 18.6 Å². The third kappa shape index (κ3) is 6.68. The minimum atomic E-state index is -0.179. The van der Waals surface area contributed by atoms with Crippen LogP contribution < -0.4 is 4.90 Å². The van der Waals surface area contributed by atoms with E-state index in [4.69, 9.17) is 0 Å². The molecule has 0 saturated carbocycles. The molecule has 0 unspecified atom stereocenters. The number of amides is 1. The van der Waals surface area contributed by atoms with Gasteiger partial charge in [-0.25, -0.2) is 4.39 Å². The summed E-state index contributed by atoms with van der Waals surface area (Å²) in [5.41, 5.74) is 0.651. The van der Waals surface area contributed by atoms with Crippen molar-refractivity contribution in [1.29, 1.82) is 0 Å². The van der Waals surface area contributed by atoms with Crippen LogP contribution in [0.4, 0.5) is 10.1 Å². The fourth-order valence-corrected chi connectivity index (χ4v) is 3.47. The largest absolute Gasteiger partial charge is 0.366 e. The fraction of sp³-hybridized carbons (Fsp3) is 0.667. The monoisotopic (exact) mass is 348 g/mol. The van der Waals surface area contributed by atoms with Crippen molar-refractivity contribution in [2.45, 2.75) is 64.7 Å². The minimum absolute atomic E-state index is 0.179. The lowest BCUT2D eigenvalue weighted by molar-refractivity contribution is -0.131. The van der Waals surface area contributed by atoms with Crippen LogP contribution >= 0.6 is 0 Å². The van der Waals surface area contributed by atoms with Gasteiger partial charge in [0, 0.05) is 32.6 Å². The van der Waals surface area contributed by atoms with Crippen molar-refractivity contribution in [3.05, 3.63) is 30.1 Å². The molecule has 1 aromatic rings. The van der Waals surface area contributed by atoms with Crippen molar-refractivity contribution >= 4 is 11.6 Å². The molecule has 0 bridgehead atoms. The first-order chi connectivity index (χ1) is 12.2. The molecule has 1 aliphatic rings.